The van der Waals surface area contributed by atoms with Crippen molar-refractivity contribution in [2.45, 2.75) is 45.6 Å². The number of carbonyl (C=O) groups excluding carboxylic acids is 1. The quantitative estimate of drug-likeness (QED) is 0.858. The minimum atomic E-state index is -0.0103. The van der Waals surface area contributed by atoms with Crippen molar-refractivity contribution in [1.82, 2.24) is 14.7 Å². The molecule has 6 heteroatoms. The second-order valence-electron chi connectivity index (χ2n) is 7.01. The van der Waals surface area contributed by atoms with E-state index in [2.05, 4.69) is 28.4 Å². The van der Waals surface area contributed by atoms with Gasteiger partial charge in [0, 0.05) is 42.6 Å². The standard InChI is InChI=1S/C19H26N4OS/c1-14(2)12-17-21-19(25-22-17)23-11-7-6-10-16(23)13-20-18(24)15-8-4-3-5-9-15/h3-5,8-9,14,16H,6-7,10-13H2,1-2H3,(H,20,24). The van der Waals surface area contributed by atoms with Crippen molar-refractivity contribution in [2.24, 2.45) is 5.92 Å². The molecule has 1 unspecified atom stereocenters. The minimum Gasteiger partial charge on any atom is -0.350 e. The number of anilines is 1. The number of hydrogen-bond acceptors (Lipinski definition) is 5. The fourth-order valence-corrected chi connectivity index (χ4v) is 3.97. The van der Waals surface area contributed by atoms with Gasteiger partial charge in [-0.05, 0) is 37.3 Å². The van der Waals surface area contributed by atoms with Gasteiger partial charge < -0.3 is 10.2 Å². The summed E-state index contributed by atoms with van der Waals surface area (Å²) in [5.41, 5.74) is 0.708. The van der Waals surface area contributed by atoms with Gasteiger partial charge >= 0.3 is 0 Å². The smallest absolute Gasteiger partial charge is 0.251 e. The first-order chi connectivity index (χ1) is 12.1. The molecule has 1 aliphatic heterocycles. The fourth-order valence-electron chi connectivity index (χ4n) is 3.18. The Morgan fingerprint density at radius 1 is 1.32 bits per heavy atom. The molecular formula is C19H26N4OS. The zero-order valence-electron chi connectivity index (χ0n) is 14.9. The number of piperidine rings is 1. The third-order valence-corrected chi connectivity index (χ3v) is 5.25. The Morgan fingerprint density at radius 2 is 2.12 bits per heavy atom. The first kappa shape index (κ1) is 17.9. The van der Waals surface area contributed by atoms with Gasteiger partial charge in [-0.2, -0.15) is 4.37 Å². The van der Waals surface area contributed by atoms with Gasteiger partial charge in [-0.1, -0.05) is 32.0 Å². The molecule has 1 aromatic carbocycles. The average Bonchev–Trinajstić information content (AvgIpc) is 3.08. The Morgan fingerprint density at radius 3 is 2.88 bits per heavy atom. The summed E-state index contributed by atoms with van der Waals surface area (Å²) in [6.45, 7) is 6.00. The van der Waals surface area contributed by atoms with Crippen molar-refractivity contribution >= 4 is 22.6 Å². The predicted molar refractivity (Wildman–Crippen MR) is 102 cm³/mol. The summed E-state index contributed by atoms with van der Waals surface area (Å²) in [5, 5.41) is 4.08. The summed E-state index contributed by atoms with van der Waals surface area (Å²) in [7, 11) is 0. The SMILES string of the molecule is CC(C)Cc1nsc(N2CCCCC2CNC(=O)c2ccccc2)n1. The molecule has 1 atom stereocenters. The maximum atomic E-state index is 12.3. The zero-order chi connectivity index (χ0) is 17.6. The van der Waals surface area contributed by atoms with Crippen LogP contribution in [-0.2, 0) is 6.42 Å². The molecule has 2 heterocycles. The average molecular weight is 359 g/mol. The van der Waals surface area contributed by atoms with Crippen LogP contribution in [0.4, 0.5) is 5.13 Å². The summed E-state index contributed by atoms with van der Waals surface area (Å²) >= 11 is 1.48. The van der Waals surface area contributed by atoms with Gasteiger partial charge in [0.25, 0.3) is 5.91 Å². The van der Waals surface area contributed by atoms with E-state index in [-0.39, 0.29) is 5.91 Å². The van der Waals surface area contributed by atoms with E-state index >= 15 is 0 Å². The summed E-state index contributed by atoms with van der Waals surface area (Å²) in [4.78, 5) is 19.4. The molecule has 0 radical (unpaired) electrons. The van der Waals surface area contributed by atoms with Gasteiger partial charge in [0.15, 0.2) is 0 Å². The molecule has 1 amide bonds. The number of aromatic nitrogens is 2. The van der Waals surface area contributed by atoms with E-state index in [1.165, 1.54) is 24.4 Å². The molecule has 0 saturated carbocycles. The van der Waals surface area contributed by atoms with Gasteiger partial charge in [-0.3, -0.25) is 4.79 Å². The number of benzene rings is 1. The van der Waals surface area contributed by atoms with Crippen molar-refractivity contribution in [1.29, 1.82) is 0 Å². The van der Waals surface area contributed by atoms with E-state index in [9.17, 15) is 4.79 Å². The van der Waals surface area contributed by atoms with E-state index in [1.807, 2.05) is 30.3 Å². The van der Waals surface area contributed by atoms with Crippen molar-refractivity contribution in [3.63, 3.8) is 0 Å². The summed E-state index contributed by atoms with van der Waals surface area (Å²) in [5.74, 6) is 1.49. The van der Waals surface area contributed by atoms with E-state index in [1.54, 1.807) is 0 Å². The number of nitrogens with zero attached hydrogens (tertiary/aromatic N) is 3. The maximum Gasteiger partial charge on any atom is 0.251 e. The number of carbonyl (C=O) groups is 1. The molecule has 5 nitrogen and oxygen atoms in total. The van der Waals surface area contributed by atoms with E-state index in [0.717, 1.165) is 30.3 Å². The van der Waals surface area contributed by atoms with Gasteiger partial charge in [-0.15, -0.1) is 0 Å². The van der Waals surface area contributed by atoms with E-state index in [0.29, 0.717) is 24.1 Å². The monoisotopic (exact) mass is 358 g/mol. The molecule has 1 fully saturated rings. The van der Waals surface area contributed by atoms with Crippen molar-refractivity contribution < 1.29 is 4.79 Å². The second-order valence-corrected chi connectivity index (χ2v) is 7.74. The van der Waals surface area contributed by atoms with Crippen LogP contribution in [0.5, 0.6) is 0 Å². The molecule has 0 bridgehead atoms. The Bertz CT molecular complexity index is 686. The normalized spacial score (nSPS) is 17.7. The molecule has 1 aliphatic rings. The van der Waals surface area contributed by atoms with Crippen LogP contribution in [-0.4, -0.2) is 34.4 Å². The lowest BCUT2D eigenvalue weighted by atomic mass is 10.0. The Hall–Kier alpha value is -1.95. The molecule has 0 spiro atoms. The van der Waals surface area contributed by atoms with E-state index < -0.39 is 0 Å². The third-order valence-electron chi connectivity index (χ3n) is 4.46. The van der Waals surface area contributed by atoms with Gasteiger partial charge in [0.1, 0.15) is 5.82 Å². The lowest BCUT2D eigenvalue weighted by Crippen LogP contribution is -2.46. The van der Waals surface area contributed by atoms with Crippen LogP contribution in [0, 0.1) is 5.92 Å². The fraction of sp³-hybridized carbons (Fsp3) is 0.526. The first-order valence-corrected chi connectivity index (χ1v) is 9.83. The molecule has 1 aromatic heterocycles. The highest BCUT2D eigenvalue weighted by atomic mass is 32.1. The first-order valence-electron chi connectivity index (χ1n) is 9.06. The van der Waals surface area contributed by atoms with E-state index in [4.69, 9.17) is 4.98 Å². The Labute approximate surface area is 153 Å². The van der Waals surface area contributed by atoms with Crippen LogP contribution in [0.25, 0.3) is 0 Å². The van der Waals surface area contributed by atoms with Crippen LogP contribution in [0.15, 0.2) is 30.3 Å². The Kier molecular flexibility index (Phi) is 6.02. The third kappa shape index (κ3) is 4.78. The van der Waals surface area contributed by atoms with Crippen LogP contribution < -0.4 is 10.2 Å². The van der Waals surface area contributed by atoms with Gasteiger partial charge in [0.05, 0.1) is 0 Å². The van der Waals surface area contributed by atoms with Crippen LogP contribution in [0.2, 0.25) is 0 Å². The highest BCUT2D eigenvalue weighted by Crippen LogP contribution is 2.26. The van der Waals surface area contributed by atoms with Crippen molar-refractivity contribution in [2.75, 3.05) is 18.0 Å². The molecule has 25 heavy (non-hydrogen) atoms. The number of hydrogen-bond donors (Lipinski definition) is 1. The molecular weight excluding hydrogens is 332 g/mol. The van der Waals surface area contributed by atoms with Gasteiger partial charge in [0.2, 0.25) is 5.13 Å². The van der Waals surface area contributed by atoms with Crippen molar-refractivity contribution in [3.8, 4) is 0 Å². The summed E-state index contributed by atoms with van der Waals surface area (Å²) < 4.78 is 4.51. The molecule has 2 aromatic rings. The van der Waals surface area contributed by atoms with Gasteiger partial charge in [-0.25, -0.2) is 4.98 Å². The van der Waals surface area contributed by atoms with Crippen LogP contribution in [0.3, 0.4) is 0 Å². The molecule has 1 saturated heterocycles. The highest BCUT2D eigenvalue weighted by molar-refractivity contribution is 7.09. The summed E-state index contributed by atoms with van der Waals surface area (Å²) in [6, 6.07) is 9.68. The van der Waals surface area contributed by atoms with Crippen LogP contribution >= 0.6 is 11.5 Å². The number of rotatable bonds is 6. The summed E-state index contributed by atoms with van der Waals surface area (Å²) in [6.07, 6.45) is 4.36. The lowest BCUT2D eigenvalue weighted by molar-refractivity contribution is 0.0949. The Balaban J connectivity index is 1.63. The molecule has 0 aliphatic carbocycles. The number of nitrogens with one attached hydrogen (secondary N) is 1. The zero-order valence-corrected chi connectivity index (χ0v) is 15.8. The topological polar surface area (TPSA) is 58.1 Å². The van der Waals surface area contributed by atoms with Crippen molar-refractivity contribution in [3.05, 3.63) is 41.7 Å². The maximum absolute atomic E-state index is 12.3. The number of amides is 1. The largest absolute Gasteiger partial charge is 0.350 e. The van der Waals surface area contributed by atoms with Crippen LogP contribution in [0.1, 0.15) is 49.3 Å². The minimum absolute atomic E-state index is 0.0103. The lowest BCUT2D eigenvalue weighted by Gasteiger charge is -2.35. The highest BCUT2D eigenvalue weighted by Gasteiger charge is 2.26. The predicted octanol–water partition coefficient (Wildman–Crippen LogP) is 3.53. The molecule has 1 N–H and O–H groups in total. The second kappa shape index (κ2) is 8.43. The molecule has 134 valence electrons. The molecule has 3 rings (SSSR count).